The van der Waals surface area contributed by atoms with Gasteiger partial charge < -0.3 is 10.1 Å². The maximum Gasteiger partial charge on any atom is 0.310 e. The number of aryl methyl sites for hydroxylation is 2. The second-order valence-electron chi connectivity index (χ2n) is 6.19. The fraction of sp³-hybridized carbons (Fsp3) is 0.368. The highest BCUT2D eigenvalue weighted by atomic mass is 16.5. The number of rotatable bonds is 7. The summed E-state index contributed by atoms with van der Waals surface area (Å²) in [5, 5.41) is 6.05. The van der Waals surface area contributed by atoms with E-state index in [9.17, 15) is 9.59 Å². The van der Waals surface area contributed by atoms with Crippen LogP contribution in [0.5, 0.6) is 0 Å². The lowest BCUT2D eigenvalue weighted by molar-refractivity contribution is -0.142. The number of aromatic amines is 1. The molecular formula is C19H23N5O3. The van der Waals surface area contributed by atoms with Crippen molar-refractivity contribution in [2.45, 2.75) is 40.2 Å². The molecule has 0 spiro atoms. The maximum atomic E-state index is 12.7. The number of nitrogens with zero attached hydrogens (tertiary/aromatic N) is 3. The summed E-state index contributed by atoms with van der Waals surface area (Å²) in [7, 11) is 0. The van der Waals surface area contributed by atoms with E-state index in [1.807, 2.05) is 0 Å². The molecule has 0 saturated heterocycles. The smallest absolute Gasteiger partial charge is 0.310 e. The molecule has 0 aliphatic carbocycles. The quantitative estimate of drug-likeness (QED) is 0.618. The first-order valence-corrected chi connectivity index (χ1v) is 8.97. The second kappa shape index (κ2) is 8.03. The van der Waals surface area contributed by atoms with Crippen molar-refractivity contribution >= 4 is 17.7 Å². The summed E-state index contributed by atoms with van der Waals surface area (Å²) in [5.41, 5.74) is 2.81. The highest BCUT2D eigenvalue weighted by molar-refractivity contribution is 5.72. The topological polar surface area (TPSA) is 101 Å². The number of carbonyl (C=O) groups is 1. The van der Waals surface area contributed by atoms with Gasteiger partial charge in [-0.25, -0.2) is 4.98 Å². The Hall–Kier alpha value is -3.16. The molecule has 0 aliphatic heterocycles. The van der Waals surface area contributed by atoms with Crippen LogP contribution >= 0.6 is 0 Å². The van der Waals surface area contributed by atoms with Crippen molar-refractivity contribution in [1.82, 2.24) is 19.6 Å². The Bertz CT molecular complexity index is 1000. The molecular weight excluding hydrogens is 346 g/mol. The molecule has 2 heterocycles. The number of benzene rings is 1. The predicted molar refractivity (Wildman–Crippen MR) is 102 cm³/mol. The first-order valence-electron chi connectivity index (χ1n) is 8.97. The van der Waals surface area contributed by atoms with Gasteiger partial charge in [-0.05, 0) is 31.4 Å². The van der Waals surface area contributed by atoms with Crippen LogP contribution in [-0.4, -0.2) is 32.2 Å². The zero-order valence-corrected chi connectivity index (χ0v) is 15.7. The Kier molecular flexibility index (Phi) is 5.54. The number of hydrogen-bond acceptors (Lipinski definition) is 6. The lowest BCUT2D eigenvalue weighted by atomic mass is 10.1. The minimum absolute atomic E-state index is 0.111. The monoisotopic (exact) mass is 369 g/mol. The summed E-state index contributed by atoms with van der Waals surface area (Å²) < 4.78 is 6.16. The number of hydrogen-bond donors (Lipinski definition) is 2. The molecule has 0 amide bonds. The summed E-state index contributed by atoms with van der Waals surface area (Å²) in [6, 6.07) is 8.29. The van der Waals surface area contributed by atoms with E-state index < -0.39 is 5.97 Å². The number of esters is 1. The first kappa shape index (κ1) is 18.6. The number of carbonyl (C=O) groups excluding carboxylic acids is 1. The van der Waals surface area contributed by atoms with Gasteiger partial charge in [-0.3, -0.25) is 14.7 Å². The first-order chi connectivity index (χ1) is 13.0. The van der Waals surface area contributed by atoms with Crippen molar-refractivity contribution in [3.63, 3.8) is 0 Å². The molecule has 2 N–H and O–H groups in total. The van der Waals surface area contributed by atoms with Gasteiger partial charge in [0.05, 0.1) is 24.3 Å². The molecule has 142 valence electrons. The second-order valence-corrected chi connectivity index (χ2v) is 6.19. The van der Waals surface area contributed by atoms with Crippen LogP contribution < -0.4 is 10.9 Å². The molecule has 0 unspecified atom stereocenters. The normalized spacial score (nSPS) is 10.9. The SMILES string of the molecule is CCOC(=O)Cc1c(C)nc2nc(NCc3ccc(CC)cc3)[nH]n2c1=O. The molecule has 27 heavy (non-hydrogen) atoms. The Balaban J connectivity index is 1.80. The predicted octanol–water partition coefficient (Wildman–Crippen LogP) is 2.01. The maximum absolute atomic E-state index is 12.7. The van der Waals surface area contributed by atoms with Crippen molar-refractivity contribution in [2.75, 3.05) is 11.9 Å². The van der Waals surface area contributed by atoms with Gasteiger partial charge in [0, 0.05) is 6.54 Å². The third-order valence-electron chi connectivity index (χ3n) is 4.31. The summed E-state index contributed by atoms with van der Waals surface area (Å²) in [6.07, 6.45) is 0.888. The Morgan fingerprint density at radius 1 is 1.19 bits per heavy atom. The lowest BCUT2D eigenvalue weighted by Crippen LogP contribution is -2.25. The summed E-state index contributed by atoms with van der Waals surface area (Å²) in [6.45, 7) is 6.36. The highest BCUT2D eigenvalue weighted by Gasteiger charge is 2.16. The van der Waals surface area contributed by atoms with Gasteiger partial charge in [0.15, 0.2) is 0 Å². The van der Waals surface area contributed by atoms with Crippen LogP contribution in [0.15, 0.2) is 29.1 Å². The van der Waals surface area contributed by atoms with Crippen LogP contribution in [0.2, 0.25) is 0 Å². The summed E-state index contributed by atoms with van der Waals surface area (Å²) in [5.74, 6) is 0.244. The third kappa shape index (κ3) is 4.16. The van der Waals surface area contributed by atoms with Gasteiger partial charge in [0.25, 0.3) is 11.3 Å². The van der Waals surface area contributed by atoms with Gasteiger partial charge >= 0.3 is 5.97 Å². The number of ether oxygens (including phenoxy) is 1. The lowest BCUT2D eigenvalue weighted by Gasteiger charge is -2.04. The number of nitrogens with one attached hydrogen (secondary N) is 2. The molecule has 2 aromatic heterocycles. The highest BCUT2D eigenvalue weighted by Crippen LogP contribution is 2.09. The number of aromatic nitrogens is 4. The summed E-state index contributed by atoms with van der Waals surface area (Å²) in [4.78, 5) is 33.0. The van der Waals surface area contributed by atoms with Crippen LogP contribution in [-0.2, 0) is 28.9 Å². The van der Waals surface area contributed by atoms with Gasteiger partial charge in [0.2, 0.25) is 5.95 Å². The van der Waals surface area contributed by atoms with E-state index >= 15 is 0 Å². The van der Waals surface area contributed by atoms with E-state index in [2.05, 4.69) is 51.6 Å². The fourth-order valence-corrected chi connectivity index (χ4v) is 2.77. The standard InChI is InChI=1S/C19H23N5O3/c1-4-13-6-8-14(9-7-13)11-20-18-22-19-21-12(3)15(10-16(25)27-5-2)17(26)24(19)23-18/h6-9H,4-5,10-11H2,1-3H3,(H2,20,21,22,23). The van der Waals surface area contributed by atoms with Crippen molar-refractivity contribution in [2.24, 2.45) is 0 Å². The van der Waals surface area contributed by atoms with Crippen molar-refractivity contribution in [3.8, 4) is 0 Å². The van der Waals surface area contributed by atoms with E-state index in [1.165, 1.54) is 10.1 Å². The molecule has 0 fully saturated rings. The van der Waals surface area contributed by atoms with E-state index in [0.717, 1.165) is 12.0 Å². The molecule has 8 heteroatoms. The van der Waals surface area contributed by atoms with Crippen molar-refractivity contribution < 1.29 is 9.53 Å². The van der Waals surface area contributed by atoms with E-state index in [1.54, 1.807) is 13.8 Å². The number of H-pyrrole nitrogens is 1. The minimum atomic E-state index is -0.451. The van der Waals surface area contributed by atoms with Gasteiger partial charge in [-0.1, -0.05) is 31.2 Å². The Morgan fingerprint density at radius 2 is 1.89 bits per heavy atom. The molecule has 0 radical (unpaired) electrons. The van der Waals surface area contributed by atoms with Crippen LogP contribution in [0, 0.1) is 6.92 Å². The largest absolute Gasteiger partial charge is 0.466 e. The summed E-state index contributed by atoms with van der Waals surface area (Å²) >= 11 is 0. The molecule has 0 aliphatic rings. The Morgan fingerprint density at radius 3 is 2.56 bits per heavy atom. The zero-order chi connectivity index (χ0) is 19.4. The van der Waals surface area contributed by atoms with Crippen LogP contribution in [0.1, 0.15) is 36.2 Å². The molecule has 3 rings (SSSR count). The Labute approximate surface area is 156 Å². The molecule has 0 saturated carbocycles. The average Bonchev–Trinajstić information content (AvgIpc) is 3.07. The molecule has 0 bridgehead atoms. The van der Waals surface area contributed by atoms with E-state index in [-0.39, 0.29) is 24.4 Å². The third-order valence-corrected chi connectivity index (χ3v) is 4.31. The molecule has 1 aromatic carbocycles. The van der Waals surface area contributed by atoms with Gasteiger partial charge in [0.1, 0.15) is 0 Å². The number of anilines is 1. The average molecular weight is 369 g/mol. The van der Waals surface area contributed by atoms with E-state index in [0.29, 0.717) is 23.8 Å². The van der Waals surface area contributed by atoms with Crippen LogP contribution in [0.3, 0.4) is 0 Å². The van der Waals surface area contributed by atoms with Gasteiger partial charge in [-0.15, -0.1) is 0 Å². The molecule has 3 aromatic rings. The minimum Gasteiger partial charge on any atom is -0.466 e. The van der Waals surface area contributed by atoms with E-state index in [4.69, 9.17) is 4.74 Å². The van der Waals surface area contributed by atoms with Crippen LogP contribution in [0.4, 0.5) is 5.95 Å². The molecule has 8 nitrogen and oxygen atoms in total. The van der Waals surface area contributed by atoms with Crippen molar-refractivity contribution in [1.29, 1.82) is 0 Å². The zero-order valence-electron chi connectivity index (χ0n) is 15.7. The van der Waals surface area contributed by atoms with Crippen molar-refractivity contribution in [3.05, 3.63) is 57.0 Å². The molecule has 0 atom stereocenters. The fourth-order valence-electron chi connectivity index (χ4n) is 2.77. The number of fused-ring (bicyclic) bond motifs is 1. The van der Waals surface area contributed by atoms with Crippen LogP contribution in [0.25, 0.3) is 5.78 Å². The van der Waals surface area contributed by atoms with Gasteiger partial charge in [-0.2, -0.15) is 9.50 Å².